The molecule has 2 N–H and O–H groups in total. The third-order valence-corrected chi connectivity index (χ3v) is 3.08. The summed E-state index contributed by atoms with van der Waals surface area (Å²) < 4.78 is 4.15. The average Bonchev–Trinajstić information content (AvgIpc) is 2.26. The molecule has 6 heteroatoms. The number of thioether (sulfide) groups is 1. The van der Waals surface area contributed by atoms with E-state index in [9.17, 15) is 9.59 Å². The van der Waals surface area contributed by atoms with Crippen molar-refractivity contribution in [2.24, 2.45) is 5.73 Å². The molecule has 0 radical (unpaired) electrons. The van der Waals surface area contributed by atoms with Crippen molar-refractivity contribution in [2.45, 2.75) is 18.7 Å². The van der Waals surface area contributed by atoms with Crippen molar-refractivity contribution < 1.29 is 14.3 Å². The van der Waals surface area contributed by atoms with E-state index in [0.717, 1.165) is 12.2 Å². The number of amides is 2. The van der Waals surface area contributed by atoms with Crippen LogP contribution in [0.5, 0.6) is 0 Å². The normalized spacial score (nSPS) is 21.9. The first kappa shape index (κ1) is 12.6. The van der Waals surface area contributed by atoms with E-state index >= 15 is 0 Å². The molecule has 2 amide bonds. The van der Waals surface area contributed by atoms with Crippen LogP contribution in [0.4, 0.5) is 4.79 Å². The smallest absolute Gasteiger partial charge is 0.409 e. The first-order chi connectivity index (χ1) is 7.65. The molecular weight excluding hydrogens is 228 g/mol. The third kappa shape index (κ3) is 3.62. The van der Waals surface area contributed by atoms with Gasteiger partial charge < -0.3 is 15.4 Å². The first-order valence-corrected chi connectivity index (χ1v) is 5.86. The molecule has 2 aliphatic rings. The number of allylic oxidation sites excluding steroid dienone is 1. The number of nitrogens with zero attached hydrogens (tertiary/aromatic N) is 1. The number of hydrogen-bond acceptors (Lipinski definition) is 4. The lowest BCUT2D eigenvalue weighted by Crippen LogP contribution is -2.48. The molecule has 5 nitrogen and oxygen atoms in total. The Balaban J connectivity index is 0.000000168. The zero-order valence-corrected chi connectivity index (χ0v) is 9.78. The second kappa shape index (κ2) is 6.22. The predicted octanol–water partition coefficient (Wildman–Crippen LogP) is 1.42. The number of rotatable bonds is 1. The number of hydrogen-bond donors (Lipinski definition) is 1. The summed E-state index contributed by atoms with van der Waals surface area (Å²) in [6.07, 6.45) is 6.69. The minimum atomic E-state index is -0.780. The summed E-state index contributed by atoms with van der Waals surface area (Å²) in [4.78, 5) is 22.2. The third-order valence-electron chi connectivity index (χ3n) is 1.92. The summed E-state index contributed by atoms with van der Waals surface area (Å²) in [6, 6.07) is 0. The van der Waals surface area contributed by atoms with E-state index in [1.807, 2.05) is 24.0 Å². The molecule has 1 atom stereocenters. The van der Waals surface area contributed by atoms with Gasteiger partial charge in [0.25, 0.3) is 0 Å². The monoisotopic (exact) mass is 242 g/mol. The minimum Gasteiger partial charge on any atom is -0.419 e. The predicted molar refractivity (Wildman–Crippen MR) is 62.3 cm³/mol. The first-order valence-electron chi connectivity index (χ1n) is 4.82. The lowest BCUT2D eigenvalue weighted by atomic mass is 10.2. The molecule has 88 valence electrons. The molecule has 16 heavy (non-hydrogen) atoms. The van der Waals surface area contributed by atoms with E-state index in [4.69, 9.17) is 0 Å². The highest BCUT2D eigenvalue weighted by atomic mass is 32.2. The van der Waals surface area contributed by atoms with Crippen molar-refractivity contribution in [3.8, 4) is 0 Å². The number of primary amides is 1. The van der Waals surface area contributed by atoms with Gasteiger partial charge in [0.05, 0.1) is 18.1 Å². The van der Waals surface area contributed by atoms with Gasteiger partial charge in [-0.2, -0.15) is 0 Å². The molecule has 0 aromatic rings. The summed E-state index contributed by atoms with van der Waals surface area (Å²) in [7, 11) is 0. The second-order valence-electron chi connectivity index (χ2n) is 3.08. The zero-order chi connectivity index (χ0) is 12.0. The Morgan fingerprint density at radius 2 is 2.50 bits per heavy atom. The van der Waals surface area contributed by atoms with Gasteiger partial charge >= 0.3 is 6.09 Å². The average molecular weight is 242 g/mol. The van der Waals surface area contributed by atoms with Gasteiger partial charge in [0, 0.05) is 12.0 Å². The van der Waals surface area contributed by atoms with Crippen LogP contribution >= 0.6 is 11.8 Å². The highest BCUT2D eigenvalue weighted by Gasteiger charge is 2.35. The Morgan fingerprint density at radius 1 is 1.75 bits per heavy atom. The van der Waals surface area contributed by atoms with Crippen LogP contribution in [0.15, 0.2) is 24.6 Å². The standard InChI is InChI=1S/C6H7NOS.C4H7NO2/c8-5-4-6-7(5)2-1-3-9-6;1-2-3-7-4(5)6/h1-2,6H,3-4H2;2-3H,1H3,(H2,5,6)/b;3-2-/t6-;/m1./s1. The fourth-order valence-electron chi connectivity index (χ4n) is 1.18. The quantitative estimate of drug-likeness (QED) is 0.557. The lowest BCUT2D eigenvalue weighted by Gasteiger charge is -2.39. The molecule has 2 aliphatic heterocycles. The van der Waals surface area contributed by atoms with Crippen LogP contribution in [-0.4, -0.2) is 28.0 Å². The van der Waals surface area contributed by atoms with Crippen LogP contribution in [0.2, 0.25) is 0 Å². The molecule has 2 heterocycles. The number of nitrogens with two attached hydrogens (primary N) is 1. The Bertz CT molecular complexity index is 328. The topological polar surface area (TPSA) is 72.6 Å². The summed E-state index contributed by atoms with van der Waals surface area (Å²) in [6.45, 7) is 1.73. The molecule has 0 unspecified atom stereocenters. The molecule has 0 bridgehead atoms. The summed E-state index contributed by atoms with van der Waals surface area (Å²) in [5.41, 5.74) is 4.57. The van der Waals surface area contributed by atoms with Gasteiger partial charge in [-0.25, -0.2) is 4.79 Å². The molecule has 2 rings (SSSR count). The second-order valence-corrected chi connectivity index (χ2v) is 4.30. The Labute approximate surface area is 98.3 Å². The van der Waals surface area contributed by atoms with Crippen LogP contribution in [0.25, 0.3) is 0 Å². The maximum atomic E-state index is 10.7. The van der Waals surface area contributed by atoms with Gasteiger partial charge in [0.15, 0.2) is 0 Å². The van der Waals surface area contributed by atoms with Crippen LogP contribution in [0, 0.1) is 0 Å². The molecule has 0 aromatic heterocycles. The van der Waals surface area contributed by atoms with Crippen molar-refractivity contribution in [1.29, 1.82) is 0 Å². The zero-order valence-electron chi connectivity index (χ0n) is 8.96. The van der Waals surface area contributed by atoms with E-state index in [-0.39, 0.29) is 5.91 Å². The molecule has 1 fully saturated rings. The molecule has 0 saturated carbocycles. The summed E-state index contributed by atoms with van der Waals surface area (Å²) in [5, 5.41) is 0.475. The molecule has 1 saturated heterocycles. The van der Waals surface area contributed by atoms with Gasteiger partial charge in [0.1, 0.15) is 0 Å². The van der Waals surface area contributed by atoms with E-state index in [1.54, 1.807) is 17.9 Å². The highest BCUT2D eigenvalue weighted by Crippen LogP contribution is 2.32. The summed E-state index contributed by atoms with van der Waals surface area (Å²) >= 11 is 1.84. The number of carbonyl (C=O) groups excluding carboxylic acids is 2. The van der Waals surface area contributed by atoms with Crippen LogP contribution < -0.4 is 5.73 Å². The van der Waals surface area contributed by atoms with E-state index < -0.39 is 6.09 Å². The Morgan fingerprint density at radius 3 is 2.88 bits per heavy atom. The summed E-state index contributed by atoms with van der Waals surface area (Å²) in [5.74, 6) is 1.33. The Kier molecular flexibility index (Phi) is 4.91. The van der Waals surface area contributed by atoms with Crippen molar-refractivity contribution in [3.63, 3.8) is 0 Å². The van der Waals surface area contributed by atoms with Gasteiger partial charge in [-0.3, -0.25) is 4.79 Å². The van der Waals surface area contributed by atoms with Crippen LogP contribution in [0.3, 0.4) is 0 Å². The fourth-order valence-corrected chi connectivity index (χ4v) is 2.21. The van der Waals surface area contributed by atoms with Crippen LogP contribution in [0.1, 0.15) is 13.3 Å². The lowest BCUT2D eigenvalue weighted by molar-refractivity contribution is -0.137. The number of β-lactam (4-membered cyclic amide) rings is 1. The maximum Gasteiger partial charge on any atom is 0.409 e. The number of ether oxygens (including phenoxy) is 1. The maximum absolute atomic E-state index is 10.7. The van der Waals surface area contributed by atoms with Gasteiger partial charge in [0.2, 0.25) is 5.91 Å². The minimum absolute atomic E-state index is 0.267. The SMILES string of the molecule is C/C=C\OC(N)=O.O=C1C[C@H]2SCC=CN12. The van der Waals surface area contributed by atoms with E-state index in [2.05, 4.69) is 10.5 Å². The highest BCUT2D eigenvalue weighted by molar-refractivity contribution is 8.00. The molecular formula is C10H14N2O3S. The number of carbonyl (C=O) groups is 2. The Hall–Kier alpha value is -1.43. The van der Waals surface area contributed by atoms with Gasteiger partial charge in [-0.05, 0) is 6.92 Å². The molecule has 0 aromatic carbocycles. The fraction of sp³-hybridized carbons (Fsp3) is 0.400. The van der Waals surface area contributed by atoms with Crippen molar-refractivity contribution >= 4 is 23.8 Å². The van der Waals surface area contributed by atoms with Crippen molar-refractivity contribution in [2.75, 3.05) is 5.75 Å². The van der Waals surface area contributed by atoms with E-state index in [0.29, 0.717) is 5.37 Å². The molecule has 0 spiro atoms. The van der Waals surface area contributed by atoms with Crippen LogP contribution in [-0.2, 0) is 9.53 Å². The van der Waals surface area contributed by atoms with Gasteiger partial charge in [-0.15, -0.1) is 11.8 Å². The van der Waals surface area contributed by atoms with Gasteiger partial charge in [-0.1, -0.05) is 12.2 Å². The largest absolute Gasteiger partial charge is 0.419 e. The number of fused-ring (bicyclic) bond motifs is 1. The molecule has 0 aliphatic carbocycles. The van der Waals surface area contributed by atoms with Crippen molar-refractivity contribution in [1.82, 2.24) is 4.90 Å². The van der Waals surface area contributed by atoms with Crippen molar-refractivity contribution in [3.05, 3.63) is 24.6 Å². The van der Waals surface area contributed by atoms with E-state index in [1.165, 1.54) is 6.26 Å².